The van der Waals surface area contributed by atoms with Gasteiger partial charge < -0.3 is 4.74 Å². The lowest BCUT2D eigenvalue weighted by Gasteiger charge is -2.27. The van der Waals surface area contributed by atoms with E-state index in [0.29, 0.717) is 0 Å². The van der Waals surface area contributed by atoms with Gasteiger partial charge >= 0.3 is 6.09 Å². The van der Waals surface area contributed by atoms with Crippen LogP contribution < -0.4 is 0 Å². The molecule has 20 heavy (non-hydrogen) atoms. The predicted octanol–water partition coefficient (Wildman–Crippen LogP) is 3.87. The molecular formula is C15H15F2NO2. The van der Waals surface area contributed by atoms with Crippen molar-refractivity contribution < 1.29 is 18.3 Å². The van der Waals surface area contributed by atoms with Gasteiger partial charge in [0.1, 0.15) is 17.2 Å². The molecule has 2 heterocycles. The standard InChI is InChI=1S/C15H15F2NO2/c1-15(2,3)20-14(19)18-10-6-7-11(18)13-9(17)5-4-8(16)12(10)13/h4-7,10-11H,1-3H3. The van der Waals surface area contributed by atoms with Crippen LogP contribution in [0, 0.1) is 11.6 Å². The Kier molecular flexibility index (Phi) is 2.64. The Hall–Kier alpha value is -1.91. The van der Waals surface area contributed by atoms with Gasteiger partial charge in [-0.3, -0.25) is 4.90 Å². The first-order chi connectivity index (χ1) is 9.29. The van der Waals surface area contributed by atoms with Crippen LogP contribution in [0.2, 0.25) is 0 Å². The molecule has 0 aliphatic carbocycles. The second-order valence-corrected chi connectivity index (χ2v) is 6.02. The van der Waals surface area contributed by atoms with Crippen molar-refractivity contribution in [2.75, 3.05) is 0 Å². The number of fused-ring (bicyclic) bond motifs is 5. The lowest BCUT2D eigenvalue weighted by Crippen LogP contribution is -2.35. The van der Waals surface area contributed by atoms with E-state index >= 15 is 0 Å². The number of hydrogen-bond acceptors (Lipinski definition) is 2. The molecule has 3 rings (SSSR count). The maximum atomic E-state index is 13.9. The molecule has 2 aliphatic heterocycles. The Morgan fingerprint density at radius 1 is 1.10 bits per heavy atom. The lowest BCUT2D eigenvalue weighted by molar-refractivity contribution is 0.0194. The minimum atomic E-state index is -0.650. The summed E-state index contributed by atoms with van der Waals surface area (Å²) < 4.78 is 33.2. The fourth-order valence-corrected chi connectivity index (χ4v) is 2.77. The third-order valence-electron chi connectivity index (χ3n) is 3.45. The minimum absolute atomic E-state index is 0.239. The smallest absolute Gasteiger partial charge is 0.411 e. The molecule has 5 heteroatoms. The highest BCUT2D eigenvalue weighted by molar-refractivity contribution is 5.74. The van der Waals surface area contributed by atoms with Crippen LogP contribution in [0.25, 0.3) is 0 Å². The normalized spacial score (nSPS) is 23.1. The van der Waals surface area contributed by atoms with Crippen molar-refractivity contribution in [3.05, 3.63) is 47.0 Å². The van der Waals surface area contributed by atoms with E-state index in [1.165, 1.54) is 4.90 Å². The summed E-state index contributed by atoms with van der Waals surface area (Å²) in [6.45, 7) is 5.26. The van der Waals surface area contributed by atoms with Gasteiger partial charge in [-0.25, -0.2) is 13.6 Å². The molecule has 0 radical (unpaired) electrons. The van der Waals surface area contributed by atoms with Crippen LogP contribution in [0.5, 0.6) is 0 Å². The summed E-state index contributed by atoms with van der Waals surface area (Å²) >= 11 is 0. The van der Waals surface area contributed by atoms with Crippen LogP contribution in [0.1, 0.15) is 44.0 Å². The SMILES string of the molecule is CC(C)(C)OC(=O)N1C2C=CC1c1c(F)ccc(F)c12. The van der Waals surface area contributed by atoms with Gasteiger partial charge in [0.15, 0.2) is 0 Å². The third-order valence-corrected chi connectivity index (χ3v) is 3.45. The number of ether oxygens (including phenoxy) is 1. The quantitative estimate of drug-likeness (QED) is 0.675. The molecule has 0 fully saturated rings. The van der Waals surface area contributed by atoms with Crippen LogP contribution in [-0.2, 0) is 4.74 Å². The van der Waals surface area contributed by atoms with Gasteiger partial charge in [-0.2, -0.15) is 0 Å². The van der Waals surface area contributed by atoms with Gasteiger partial charge in [0.25, 0.3) is 0 Å². The molecule has 2 unspecified atom stereocenters. The van der Waals surface area contributed by atoms with Crippen molar-refractivity contribution in [3.63, 3.8) is 0 Å². The number of halogens is 2. The fourth-order valence-electron chi connectivity index (χ4n) is 2.77. The van der Waals surface area contributed by atoms with Gasteiger partial charge in [-0.05, 0) is 32.9 Å². The zero-order valence-electron chi connectivity index (χ0n) is 11.5. The zero-order chi connectivity index (χ0) is 14.7. The number of carbonyl (C=O) groups excluding carboxylic acids is 1. The topological polar surface area (TPSA) is 29.5 Å². The average Bonchev–Trinajstić information content (AvgIpc) is 2.87. The lowest BCUT2D eigenvalue weighted by atomic mass is 9.96. The molecule has 1 aromatic carbocycles. The molecule has 1 amide bonds. The predicted molar refractivity (Wildman–Crippen MR) is 69.1 cm³/mol. The van der Waals surface area contributed by atoms with Crippen molar-refractivity contribution >= 4 is 6.09 Å². The van der Waals surface area contributed by atoms with Gasteiger partial charge in [-0.15, -0.1) is 0 Å². The van der Waals surface area contributed by atoms with E-state index in [-0.39, 0.29) is 11.1 Å². The largest absolute Gasteiger partial charge is 0.444 e. The fraction of sp³-hybridized carbons (Fsp3) is 0.400. The number of rotatable bonds is 0. The summed E-state index contributed by atoms with van der Waals surface area (Å²) in [5, 5.41) is 0. The van der Waals surface area contributed by atoms with Crippen molar-refractivity contribution in [1.82, 2.24) is 4.90 Å². The molecular weight excluding hydrogens is 264 g/mol. The number of nitrogens with zero attached hydrogens (tertiary/aromatic N) is 1. The van der Waals surface area contributed by atoms with Crippen molar-refractivity contribution in [1.29, 1.82) is 0 Å². The molecule has 3 nitrogen and oxygen atoms in total. The summed E-state index contributed by atoms with van der Waals surface area (Å²) in [4.78, 5) is 13.6. The molecule has 1 aromatic rings. The van der Waals surface area contributed by atoms with Crippen molar-refractivity contribution in [2.24, 2.45) is 0 Å². The van der Waals surface area contributed by atoms with Gasteiger partial charge in [0.05, 0.1) is 12.1 Å². The molecule has 0 saturated heterocycles. The number of amides is 1. The van der Waals surface area contributed by atoms with E-state index in [4.69, 9.17) is 4.74 Å². The van der Waals surface area contributed by atoms with Crippen LogP contribution in [-0.4, -0.2) is 16.6 Å². The summed E-state index contributed by atoms with van der Waals surface area (Å²) in [5.74, 6) is -0.987. The maximum absolute atomic E-state index is 13.9. The molecule has 0 spiro atoms. The molecule has 0 N–H and O–H groups in total. The first-order valence-electron chi connectivity index (χ1n) is 6.47. The maximum Gasteiger partial charge on any atom is 0.411 e. The second kappa shape index (κ2) is 4.04. The Labute approximate surface area is 115 Å². The Balaban J connectivity index is 1.99. The monoisotopic (exact) mass is 279 g/mol. The van der Waals surface area contributed by atoms with Crippen LogP contribution >= 0.6 is 0 Å². The molecule has 2 bridgehead atoms. The summed E-state index contributed by atoms with van der Waals surface area (Å²) in [6, 6.07) is 1.02. The summed E-state index contributed by atoms with van der Waals surface area (Å²) in [5.41, 5.74) is -0.172. The third kappa shape index (κ3) is 1.80. The molecule has 0 aromatic heterocycles. The van der Waals surface area contributed by atoms with E-state index in [1.807, 2.05) is 0 Å². The first-order valence-corrected chi connectivity index (χ1v) is 6.47. The molecule has 0 saturated carbocycles. The molecule has 106 valence electrons. The van der Waals surface area contributed by atoms with Crippen LogP contribution in [0.4, 0.5) is 13.6 Å². The first kappa shape index (κ1) is 13.1. The van der Waals surface area contributed by atoms with E-state index in [1.54, 1.807) is 32.9 Å². The molecule has 2 atom stereocenters. The highest BCUT2D eigenvalue weighted by atomic mass is 19.1. The number of carbonyl (C=O) groups is 1. The number of benzene rings is 1. The summed E-state index contributed by atoms with van der Waals surface area (Å²) in [7, 11) is 0. The van der Waals surface area contributed by atoms with E-state index in [0.717, 1.165) is 12.1 Å². The van der Waals surface area contributed by atoms with Crippen LogP contribution in [0.15, 0.2) is 24.3 Å². The Morgan fingerprint density at radius 3 is 1.95 bits per heavy atom. The highest BCUT2D eigenvalue weighted by Crippen LogP contribution is 2.50. The van der Waals surface area contributed by atoms with Crippen molar-refractivity contribution in [3.8, 4) is 0 Å². The van der Waals surface area contributed by atoms with E-state index in [9.17, 15) is 13.6 Å². The van der Waals surface area contributed by atoms with E-state index < -0.39 is 35.4 Å². The number of hydrogen-bond donors (Lipinski definition) is 0. The van der Waals surface area contributed by atoms with Gasteiger partial charge in [-0.1, -0.05) is 12.2 Å². The summed E-state index contributed by atoms with van der Waals surface area (Å²) in [6.07, 6.45) is 2.85. The Bertz CT molecular complexity index is 580. The van der Waals surface area contributed by atoms with E-state index in [2.05, 4.69) is 0 Å². The van der Waals surface area contributed by atoms with Crippen molar-refractivity contribution in [2.45, 2.75) is 38.5 Å². The second-order valence-electron chi connectivity index (χ2n) is 6.02. The Morgan fingerprint density at radius 2 is 1.55 bits per heavy atom. The average molecular weight is 279 g/mol. The van der Waals surface area contributed by atoms with Gasteiger partial charge in [0.2, 0.25) is 0 Å². The van der Waals surface area contributed by atoms with Crippen LogP contribution in [0.3, 0.4) is 0 Å². The van der Waals surface area contributed by atoms with Gasteiger partial charge in [0, 0.05) is 11.1 Å². The molecule has 2 aliphatic rings. The highest BCUT2D eigenvalue weighted by Gasteiger charge is 2.47. The minimum Gasteiger partial charge on any atom is -0.444 e. The zero-order valence-corrected chi connectivity index (χ0v) is 11.5.